The second-order valence-electron chi connectivity index (χ2n) is 11.6. The van der Waals surface area contributed by atoms with Gasteiger partial charge in [0.25, 0.3) is 15.9 Å². The number of aryl methyl sites for hydroxylation is 1. The molecule has 1 atom stereocenters. The maximum Gasteiger partial charge on any atom is 0.264 e. The normalized spacial score (nSPS) is 12.4. The molecule has 2 amide bonds. The number of benzene rings is 4. The van der Waals surface area contributed by atoms with Crippen molar-refractivity contribution in [2.75, 3.05) is 6.26 Å². The van der Waals surface area contributed by atoms with E-state index in [1.54, 1.807) is 30.3 Å². The minimum absolute atomic E-state index is 0.0440. The van der Waals surface area contributed by atoms with Crippen LogP contribution in [0.15, 0.2) is 107 Å². The Bertz CT molecular complexity index is 1910. The molecule has 4 rings (SSSR count). The Morgan fingerprint density at radius 3 is 2.09 bits per heavy atom. The van der Waals surface area contributed by atoms with Gasteiger partial charge >= 0.3 is 0 Å². The van der Waals surface area contributed by atoms with Crippen molar-refractivity contribution >= 4 is 31.7 Å². The molecular weight excluding hydrogens is 644 g/mol. The van der Waals surface area contributed by atoms with E-state index in [0.717, 1.165) is 36.1 Å². The van der Waals surface area contributed by atoms with Gasteiger partial charge in [-0.2, -0.15) is 0 Å². The molecule has 0 aliphatic carbocycles. The monoisotopic (exact) mass is 680 g/mol. The van der Waals surface area contributed by atoms with Gasteiger partial charge < -0.3 is 10.1 Å². The van der Waals surface area contributed by atoms with Crippen molar-refractivity contribution in [1.29, 1.82) is 0 Å². The van der Waals surface area contributed by atoms with Gasteiger partial charge in [0.05, 0.1) is 15.8 Å². The molecule has 2 N–H and O–H groups in total. The molecule has 9 nitrogen and oxygen atoms in total. The molecule has 0 spiro atoms. The lowest BCUT2D eigenvalue weighted by Crippen LogP contribution is -2.32. The largest absolute Gasteiger partial charge is 0.489 e. The number of carbonyl (C=O) groups excluding carboxylic acids is 2. The van der Waals surface area contributed by atoms with Crippen LogP contribution in [0.3, 0.4) is 0 Å². The molecule has 0 aliphatic heterocycles. The Hall–Kier alpha value is -4.55. The number of hydrogen-bond donors (Lipinski definition) is 2. The van der Waals surface area contributed by atoms with E-state index in [-0.39, 0.29) is 41.0 Å². The van der Waals surface area contributed by atoms with E-state index in [0.29, 0.717) is 28.9 Å². The minimum atomic E-state index is -4.27. The molecule has 0 aliphatic rings. The SMILES string of the molecule is CC(C)CC(NC(=O)c1cc(COc2ccccc2)ccc1CCC(=O)NS(=O)(=O)c1ccc(S(C)(=O)=O)cc1)c1ccc(F)cc1. The number of carbonyl (C=O) groups is 2. The Morgan fingerprint density at radius 2 is 1.47 bits per heavy atom. The molecular formula is C35H37FN2O7S2. The van der Waals surface area contributed by atoms with Crippen molar-refractivity contribution in [1.82, 2.24) is 10.0 Å². The fourth-order valence-corrected chi connectivity index (χ4v) is 6.53. The first kappa shape index (κ1) is 35.3. The van der Waals surface area contributed by atoms with E-state index in [1.807, 2.05) is 48.9 Å². The van der Waals surface area contributed by atoms with Gasteiger partial charge in [0, 0.05) is 18.2 Å². The fourth-order valence-electron chi connectivity index (χ4n) is 4.88. The second kappa shape index (κ2) is 15.4. The zero-order valence-electron chi connectivity index (χ0n) is 26.3. The third-order valence-corrected chi connectivity index (χ3v) is 9.80. The fraction of sp³-hybridized carbons (Fsp3) is 0.257. The van der Waals surface area contributed by atoms with E-state index in [1.165, 1.54) is 12.1 Å². The van der Waals surface area contributed by atoms with Crippen LogP contribution in [-0.2, 0) is 37.7 Å². The number of amides is 2. The van der Waals surface area contributed by atoms with Crippen molar-refractivity contribution in [3.8, 4) is 5.75 Å². The highest BCUT2D eigenvalue weighted by Crippen LogP contribution is 2.24. The number of halogens is 1. The first-order valence-corrected chi connectivity index (χ1v) is 18.3. The molecule has 4 aromatic carbocycles. The Balaban J connectivity index is 1.54. The van der Waals surface area contributed by atoms with Crippen LogP contribution >= 0.6 is 0 Å². The van der Waals surface area contributed by atoms with Gasteiger partial charge in [-0.05, 0) is 90.0 Å². The lowest BCUT2D eigenvalue weighted by atomic mass is 9.95. The molecule has 0 aromatic heterocycles. The molecule has 0 saturated heterocycles. The molecule has 248 valence electrons. The lowest BCUT2D eigenvalue weighted by Gasteiger charge is -2.22. The second-order valence-corrected chi connectivity index (χ2v) is 15.3. The van der Waals surface area contributed by atoms with Crippen LogP contribution in [0, 0.1) is 11.7 Å². The summed E-state index contributed by atoms with van der Waals surface area (Å²) in [4.78, 5) is 26.3. The molecule has 0 heterocycles. The number of para-hydroxylation sites is 1. The molecule has 0 bridgehead atoms. The predicted molar refractivity (Wildman–Crippen MR) is 176 cm³/mol. The van der Waals surface area contributed by atoms with Crippen molar-refractivity contribution in [2.45, 2.75) is 55.5 Å². The third-order valence-electron chi connectivity index (χ3n) is 7.28. The summed E-state index contributed by atoms with van der Waals surface area (Å²) in [6.07, 6.45) is 1.38. The lowest BCUT2D eigenvalue weighted by molar-refractivity contribution is -0.119. The molecule has 47 heavy (non-hydrogen) atoms. The van der Waals surface area contributed by atoms with Crippen molar-refractivity contribution in [2.24, 2.45) is 5.92 Å². The summed E-state index contributed by atoms with van der Waals surface area (Å²) in [5.41, 5.74) is 2.25. The minimum Gasteiger partial charge on any atom is -0.489 e. The smallest absolute Gasteiger partial charge is 0.264 e. The van der Waals surface area contributed by atoms with Crippen molar-refractivity contribution < 1.29 is 35.6 Å². The van der Waals surface area contributed by atoms with Gasteiger partial charge in [0.1, 0.15) is 18.2 Å². The summed E-state index contributed by atoms with van der Waals surface area (Å²) >= 11 is 0. The van der Waals surface area contributed by atoms with Gasteiger partial charge in [-0.15, -0.1) is 0 Å². The molecule has 4 aromatic rings. The zero-order chi connectivity index (χ0) is 34.2. The van der Waals surface area contributed by atoms with Gasteiger partial charge in [-0.3, -0.25) is 9.59 Å². The molecule has 12 heteroatoms. The number of sulfone groups is 1. The highest BCUT2D eigenvalue weighted by atomic mass is 32.2. The summed E-state index contributed by atoms with van der Waals surface area (Å²) in [5.74, 6) is -0.731. The van der Waals surface area contributed by atoms with Crippen LogP contribution < -0.4 is 14.8 Å². The van der Waals surface area contributed by atoms with Gasteiger partial charge in [0.2, 0.25) is 5.91 Å². The molecule has 0 saturated carbocycles. The highest BCUT2D eigenvalue weighted by Gasteiger charge is 2.22. The van der Waals surface area contributed by atoms with E-state index < -0.39 is 37.7 Å². The van der Waals surface area contributed by atoms with Gasteiger partial charge in [-0.25, -0.2) is 25.9 Å². The first-order chi connectivity index (χ1) is 22.2. The Labute approximate surface area is 275 Å². The van der Waals surface area contributed by atoms with Crippen LogP contribution in [0.25, 0.3) is 0 Å². The summed E-state index contributed by atoms with van der Waals surface area (Å²) in [5, 5.41) is 3.06. The standard InChI is InChI=1S/C35H37FN2O7S2/c1-24(2)21-33(27-11-14-28(36)15-12-27)37-35(40)32-22-25(23-45-29-7-5-4-6-8-29)9-10-26(32)13-20-34(39)38-47(43,44)31-18-16-30(17-19-31)46(3,41)42/h4-12,14-19,22,24,33H,13,20-21,23H2,1-3H3,(H,37,40)(H,38,39). The van der Waals surface area contributed by atoms with Gasteiger partial charge in [-0.1, -0.05) is 56.3 Å². The number of hydrogen-bond acceptors (Lipinski definition) is 7. The first-order valence-electron chi connectivity index (χ1n) is 14.9. The van der Waals surface area contributed by atoms with Crippen LogP contribution in [0.5, 0.6) is 5.75 Å². The van der Waals surface area contributed by atoms with E-state index in [4.69, 9.17) is 4.74 Å². The maximum absolute atomic E-state index is 13.8. The summed E-state index contributed by atoms with van der Waals surface area (Å²) < 4.78 is 70.6. The summed E-state index contributed by atoms with van der Waals surface area (Å²) in [6, 6.07) is 24.4. The van der Waals surface area contributed by atoms with Gasteiger partial charge in [0.15, 0.2) is 9.84 Å². The van der Waals surface area contributed by atoms with Crippen molar-refractivity contribution in [3.05, 3.63) is 125 Å². The predicted octanol–water partition coefficient (Wildman–Crippen LogP) is 5.76. The number of nitrogens with one attached hydrogen (secondary N) is 2. The average Bonchev–Trinajstić information content (AvgIpc) is 3.02. The molecule has 0 radical (unpaired) electrons. The van der Waals surface area contributed by atoms with Crippen LogP contribution in [0.1, 0.15) is 59.8 Å². The van der Waals surface area contributed by atoms with E-state index in [2.05, 4.69) is 5.32 Å². The van der Waals surface area contributed by atoms with E-state index in [9.17, 15) is 30.8 Å². The maximum atomic E-state index is 13.8. The number of ether oxygens (including phenoxy) is 1. The van der Waals surface area contributed by atoms with Crippen LogP contribution in [0.2, 0.25) is 0 Å². The third kappa shape index (κ3) is 10.2. The number of sulfonamides is 1. The van der Waals surface area contributed by atoms with E-state index >= 15 is 0 Å². The Kier molecular flexibility index (Phi) is 11.5. The summed E-state index contributed by atoms with van der Waals surface area (Å²) in [6.45, 7) is 4.21. The molecule has 0 fully saturated rings. The number of rotatable bonds is 14. The van der Waals surface area contributed by atoms with Crippen LogP contribution in [0.4, 0.5) is 4.39 Å². The zero-order valence-corrected chi connectivity index (χ0v) is 27.9. The topological polar surface area (TPSA) is 136 Å². The average molecular weight is 681 g/mol. The quantitative estimate of drug-likeness (QED) is 0.173. The molecule has 1 unspecified atom stereocenters. The van der Waals surface area contributed by atoms with Crippen molar-refractivity contribution in [3.63, 3.8) is 0 Å². The summed E-state index contributed by atoms with van der Waals surface area (Å²) in [7, 11) is -7.80. The highest BCUT2D eigenvalue weighted by molar-refractivity contribution is 7.91. The van der Waals surface area contributed by atoms with Crippen LogP contribution in [-0.4, -0.2) is 34.9 Å². The Morgan fingerprint density at radius 1 is 0.830 bits per heavy atom.